The Morgan fingerprint density at radius 2 is 1.86 bits per heavy atom. The Bertz CT molecular complexity index is 879. The molecule has 0 bridgehead atoms. The van der Waals surface area contributed by atoms with Crippen molar-refractivity contribution in [2.75, 3.05) is 6.26 Å². The van der Waals surface area contributed by atoms with Crippen LogP contribution in [0.15, 0.2) is 71.9 Å². The molecule has 2 aromatic carbocycles. The van der Waals surface area contributed by atoms with E-state index in [1.807, 2.05) is 24.5 Å². The Morgan fingerprint density at radius 1 is 1.00 bits per heavy atom. The van der Waals surface area contributed by atoms with E-state index in [2.05, 4.69) is 65.4 Å². The Labute approximate surface area is 135 Å². The fourth-order valence-electron chi connectivity index (χ4n) is 2.30. The molecule has 106 valence electrons. The lowest BCUT2D eigenvalue weighted by molar-refractivity contribution is 1.12. The summed E-state index contributed by atoms with van der Waals surface area (Å²) in [6.45, 7) is 0. The van der Waals surface area contributed by atoms with Crippen LogP contribution in [0.3, 0.4) is 0 Å². The van der Waals surface area contributed by atoms with Crippen LogP contribution in [0.1, 0.15) is 11.1 Å². The maximum Gasteiger partial charge on any atom is 0.111 e. The van der Waals surface area contributed by atoms with Crippen molar-refractivity contribution in [3.8, 4) is 11.8 Å². The van der Waals surface area contributed by atoms with Crippen molar-refractivity contribution in [2.24, 2.45) is 0 Å². The standard InChI is InChI=1S/C20H15NS/c1-22-20-18(13-7-15-21-20)10-3-2-8-16-11-6-12-17-9-4-5-14-19(16)17/h2,4-9,11-15H,1H3. The van der Waals surface area contributed by atoms with E-state index < -0.39 is 0 Å². The number of pyridine rings is 1. The minimum Gasteiger partial charge on any atom is -0.249 e. The fourth-order valence-corrected chi connectivity index (χ4v) is 2.80. The first-order valence-corrected chi connectivity index (χ1v) is 8.26. The largest absolute Gasteiger partial charge is 0.249 e. The number of aromatic nitrogens is 1. The lowest BCUT2D eigenvalue weighted by atomic mass is 10.0. The van der Waals surface area contributed by atoms with Gasteiger partial charge in [0.15, 0.2) is 0 Å². The molecule has 1 nitrogen and oxygen atoms in total. The third-order valence-electron chi connectivity index (χ3n) is 3.34. The van der Waals surface area contributed by atoms with Gasteiger partial charge in [-0.05, 0) is 46.9 Å². The summed E-state index contributed by atoms with van der Waals surface area (Å²) in [5, 5.41) is 3.46. The number of hydrogen-bond acceptors (Lipinski definition) is 2. The fraction of sp³-hybridized carbons (Fsp3) is 0.0500. The molecule has 0 atom stereocenters. The molecule has 1 aromatic heterocycles. The van der Waals surface area contributed by atoms with Crippen molar-refractivity contribution in [3.05, 3.63) is 78.0 Å². The monoisotopic (exact) mass is 301 g/mol. The molecule has 22 heavy (non-hydrogen) atoms. The maximum atomic E-state index is 4.31. The number of benzene rings is 2. The molecular weight excluding hydrogens is 286 g/mol. The summed E-state index contributed by atoms with van der Waals surface area (Å²) in [4.78, 5) is 4.31. The summed E-state index contributed by atoms with van der Waals surface area (Å²) < 4.78 is 0. The number of nitrogens with zero attached hydrogens (tertiary/aromatic N) is 1. The Morgan fingerprint density at radius 3 is 2.77 bits per heavy atom. The normalized spacial score (nSPS) is 10.6. The summed E-state index contributed by atoms with van der Waals surface area (Å²) in [6, 6.07) is 18.6. The van der Waals surface area contributed by atoms with Crippen molar-refractivity contribution in [3.63, 3.8) is 0 Å². The number of hydrogen-bond donors (Lipinski definition) is 0. The summed E-state index contributed by atoms with van der Waals surface area (Å²) in [7, 11) is 0. The van der Waals surface area contributed by atoms with Gasteiger partial charge < -0.3 is 0 Å². The van der Waals surface area contributed by atoms with Gasteiger partial charge in [0.1, 0.15) is 5.03 Å². The summed E-state index contributed by atoms with van der Waals surface area (Å²) >= 11 is 1.61. The van der Waals surface area contributed by atoms with Crippen molar-refractivity contribution in [1.82, 2.24) is 4.98 Å². The molecule has 3 rings (SSSR count). The molecule has 0 aliphatic heterocycles. The second kappa shape index (κ2) is 6.98. The van der Waals surface area contributed by atoms with Crippen molar-refractivity contribution in [1.29, 1.82) is 0 Å². The molecule has 3 aromatic rings. The zero-order valence-electron chi connectivity index (χ0n) is 12.3. The predicted octanol–water partition coefficient (Wildman–Crippen LogP) is 5.02. The molecule has 0 fully saturated rings. The van der Waals surface area contributed by atoms with Gasteiger partial charge in [-0.25, -0.2) is 4.98 Å². The topological polar surface area (TPSA) is 12.9 Å². The predicted molar refractivity (Wildman–Crippen MR) is 95.9 cm³/mol. The van der Waals surface area contributed by atoms with Crippen molar-refractivity contribution >= 4 is 28.6 Å². The van der Waals surface area contributed by atoms with Crippen LogP contribution in [0.5, 0.6) is 0 Å². The molecule has 0 aliphatic rings. The van der Waals surface area contributed by atoms with Gasteiger partial charge in [-0.2, -0.15) is 0 Å². The third-order valence-corrected chi connectivity index (χ3v) is 4.05. The van der Waals surface area contributed by atoms with E-state index in [-0.39, 0.29) is 0 Å². The van der Waals surface area contributed by atoms with E-state index in [4.69, 9.17) is 0 Å². The number of allylic oxidation sites excluding steroid dienone is 1. The van der Waals surface area contributed by atoms with Crippen LogP contribution in [0.4, 0.5) is 0 Å². The molecule has 0 spiro atoms. The van der Waals surface area contributed by atoms with Crippen LogP contribution in [0, 0.1) is 11.8 Å². The first kappa shape index (κ1) is 14.4. The van der Waals surface area contributed by atoms with Crippen LogP contribution in [-0.4, -0.2) is 11.2 Å². The molecule has 0 amide bonds. The van der Waals surface area contributed by atoms with Crippen LogP contribution < -0.4 is 0 Å². The molecule has 1 heterocycles. The Balaban J connectivity index is 1.87. The average molecular weight is 301 g/mol. The van der Waals surface area contributed by atoms with Crippen LogP contribution in [-0.2, 0) is 0 Å². The molecule has 0 unspecified atom stereocenters. The summed E-state index contributed by atoms with van der Waals surface area (Å²) in [5.74, 6) is 6.27. The van der Waals surface area contributed by atoms with Gasteiger partial charge >= 0.3 is 0 Å². The first-order valence-electron chi connectivity index (χ1n) is 7.03. The van der Waals surface area contributed by atoms with Crippen LogP contribution in [0.2, 0.25) is 0 Å². The van der Waals surface area contributed by atoms with Gasteiger partial charge in [-0.1, -0.05) is 54.3 Å². The van der Waals surface area contributed by atoms with E-state index in [1.54, 1.807) is 18.0 Å². The zero-order valence-corrected chi connectivity index (χ0v) is 13.1. The van der Waals surface area contributed by atoms with Crippen molar-refractivity contribution in [2.45, 2.75) is 5.03 Å². The second-order valence-corrected chi connectivity index (χ2v) is 5.53. The summed E-state index contributed by atoms with van der Waals surface area (Å²) in [5.41, 5.74) is 2.15. The lowest BCUT2D eigenvalue weighted by Gasteiger charge is -2.00. The van der Waals surface area contributed by atoms with E-state index in [0.717, 1.165) is 10.6 Å². The molecule has 0 saturated heterocycles. The number of rotatable bonds is 2. The lowest BCUT2D eigenvalue weighted by Crippen LogP contribution is -1.83. The van der Waals surface area contributed by atoms with Crippen LogP contribution >= 0.6 is 11.8 Å². The zero-order chi connectivity index (χ0) is 15.2. The van der Waals surface area contributed by atoms with E-state index >= 15 is 0 Å². The van der Waals surface area contributed by atoms with E-state index in [9.17, 15) is 0 Å². The highest BCUT2D eigenvalue weighted by Gasteiger charge is 1.97. The first-order chi connectivity index (χ1) is 10.9. The molecule has 0 saturated carbocycles. The molecule has 2 heteroatoms. The third kappa shape index (κ3) is 3.21. The van der Waals surface area contributed by atoms with E-state index in [0.29, 0.717) is 0 Å². The van der Waals surface area contributed by atoms with E-state index in [1.165, 1.54) is 16.3 Å². The summed E-state index contributed by atoms with van der Waals surface area (Å²) in [6.07, 6.45) is 7.77. The second-order valence-electron chi connectivity index (χ2n) is 4.73. The Kier molecular flexibility index (Phi) is 4.58. The maximum absolute atomic E-state index is 4.31. The quantitative estimate of drug-likeness (QED) is 0.487. The highest BCUT2D eigenvalue weighted by molar-refractivity contribution is 7.98. The number of fused-ring (bicyclic) bond motifs is 1. The molecule has 0 radical (unpaired) electrons. The number of thioether (sulfide) groups is 1. The van der Waals surface area contributed by atoms with Gasteiger partial charge in [0, 0.05) is 6.20 Å². The minimum atomic E-state index is 0.966. The smallest absolute Gasteiger partial charge is 0.111 e. The van der Waals surface area contributed by atoms with Gasteiger partial charge in [-0.3, -0.25) is 0 Å². The van der Waals surface area contributed by atoms with Gasteiger partial charge in [0.2, 0.25) is 0 Å². The van der Waals surface area contributed by atoms with Gasteiger partial charge in [-0.15, -0.1) is 11.8 Å². The van der Waals surface area contributed by atoms with Gasteiger partial charge in [0.05, 0.1) is 5.56 Å². The van der Waals surface area contributed by atoms with Crippen molar-refractivity contribution < 1.29 is 0 Å². The Hall–Kier alpha value is -2.50. The van der Waals surface area contributed by atoms with Crippen LogP contribution in [0.25, 0.3) is 16.8 Å². The SMILES string of the molecule is CSc1ncccc1C#CC=Cc1cccc2ccccc12. The van der Waals surface area contributed by atoms with Gasteiger partial charge in [0.25, 0.3) is 0 Å². The molecule has 0 aliphatic carbocycles. The average Bonchev–Trinajstić information content (AvgIpc) is 2.59. The highest BCUT2D eigenvalue weighted by Crippen LogP contribution is 2.19. The highest BCUT2D eigenvalue weighted by atomic mass is 32.2. The molecule has 0 N–H and O–H groups in total. The molecular formula is C20H15NS. The minimum absolute atomic E-state index is 0.966.